The van der Waals surface area contributed by atoms with Crippen molar-refractivity contribution >= 4 is 0 Å². The third-order valence-electron chi connectivity index (χ3n) is 1.37. The summed E-state index contributed by atoms with van der Waals surface area (Å²) < 4.78 is 4.88. The van der Waals surface area contributed by atoms with E-state index in [1.165, 1.54) is 0 Å². The summed E-state index contributed by atoms with van der Waals surface area (Å²) in [6, 6.07) is 0.0555. The van der Waals surface area contributed by atoms with Crippen molar-refractivity contribution < 1.29 is 9.84 Å². The minimum atomic E-state index is 0.0555. The highest BCUT2D eigenvalue weighted by Gasteiger charge is 2.03. The first-order chi connectivity index (χ1) is 5.35. The van der Waals surface area contributed by atoms with Gasteiger partial charge in [0, 0.05) is 7.11 Å². The predicted octanol–water partition coefficient (Wildman–Crippen LogP) is 0.159. The standard InChI is InChI=1S/C8H17NO2/c1-3-4-5-9-8(6-10)7-11-2/h3,8-10H,1,4-7H2,2H3. The van der Waals surface area contributed by atoms with Gasteiger partial charge in [-0.2, -0.15) is 0 Å². The molecule has 66 valence electrons. The van der Waals surface area contributed by atoms with Crippen LogP contribution in [-0.2, 0) is 4.74 Å². The summed E-state index contributed by atoms with van der Waals surface area (Å²) in [7, 11) is 1.62. The first-order valence-corrected chi connectivity index (χ1v) is 3.79. The number of hydrogen-bond acceptors (Lipinski definition) is 3. The first kappa shape index (κ1) is 10.6. The molecule has 3 nitrogen and oxygen atoms in total. The Balaban J connectivity index is 3.27. The molecular formula is C8H17NO2. The Bertz CT molecular complexity index is 96.1. The molecule has 0 fully saturated rings. The minimum absolute atomic E-state index is 0.0555. The Morgan fingerprint density at radius 3 is 2.91 bits per heavy atom. The van der Waals surface area contributed by atoms with Crippen molar-refractivity contribution in [3.63, 3.8) is 0 Å². The lowest BCUT2D eigenvalue weighted by Crippen LogP contribution is -2.36. The van der Waals surface area contributed by atoms with Gasteiger partial charge in [-0.1, -0.05) is 6.08 Å². The highest BCUT2D eigenvalue weighted by molar-refractivity contribution is 4.71. The van der Waals surface area contributed by atoms with Gasteiger partial charge in [-0.15, -0.1) is 6.58 Å². The molecule has 0 aliphatic rings. The van der Waals surface area contributed by atoms with Crippen LogP contribution in [0.3, 0.4) is 0 Å². The lowest BCUT2D eigenvalue weighted by Gasteiger charge is -2.13. The maximum Gasteiger partial charge on any atom is 0.0638 e. The predicted molar refractivity (Wildman–Crippen MR) is 45.6 cm³/mol. The molecule has 1 atom stereocenters. The van der Waals surface area contributed by atoms with Gasteiger partial charge in [-0.05, 0) is 13.0 Å². The van der Waals surface area contributed by atoms with Crippen LogP contribution >= 0.6 is 0 Å². The molecule has 0 saturated carbocycles. The maximum absolute atomic E-state index is 8.79. The molecule has 0 aromatic heterocycles. The molecule has 11 heavy (non-hydrogen) atoms. The molecule has 0 aromatic carbocycles. The van der Waals surface area contributed by atoms with Gasteiger partial charge in [-0.3, -0.25) is 0 Å². The number of aliphatic hydroxyl groups excluding tert-OH is 1. The van der Waals surface area contributed by atoms with E-state index in [4.69, 9.17) is 9.84 Å². The van der Waals surface area contributed by atoms with E-state index in [0.717, 1.165) is 13.0 Å². The van der Waals surface area contributed by atoms with Crippen LogP contribution in [0.5, 0.6) is 0 Å². The van der Waals surface area contributed by atoms with Crippen molar-refractivity contribution in [2.24, 2.45) is 0 Å². The second-order valence-electron chi connectivity index (χ2n) is 2.37. The monoisotopic (exact) mass is 159 g/mol. The molecule has 0 amide bonds. The first-order valence-electron chi connectivity index (χ1n) is 3.79. The molecule has 0 saturated heterocycles. The zero-order valence-corrected chi connectivity index (χ0v) is 7.05. The molecule has 2 N–H and O–H groups in total. The van der Waals surface area contributed by atoms with Gasteiger partial charge >= 0.3 is 0 Å². The summed E-state index contributed by atoms with van der Waals surface area (Å²) in [5.41, 5.74) is 0. The Labute approximate surface area is 68.1 Å². The summed E-state index contributed by atoms with van der Waals surface area (Å²) >= 11 is 0. The van der Waals surface area contributed by atoms with Crippen molar-refractivity contribution in [1.82, 2.24) is 5.32 Å². The van der Waals surface area contributed by atoms with Crippen molar-refractivity contribution in [3.8, 4) is 0 Å². The van der Waals surface area contributed by atoms with E-state index in [0.29, 0.717) is 6.61 Å². The van der Waals surface area contributed by atoms with E-state index in [-0.39, 0.29) is 12.6 Å². The Morgan fingerprint density at radius 1 is 1.73 bits per heavy atom. The summed E-state index contributed by atoms with van der Waals surface area (Å²) in [6.07, 6.45) is 2.76. The number of nitrogens with one attached hydrogen (secondary N) is 1. The molecule has 3 heteroatoms. The normalized spacial score (nSPS) is 12.9. The lowest BCUT2D eigenvalue weighted by atomic mass is 10.3. The number of methoxy groups -OCH3 is 1. The van der Waals surface area contributed by atoms with Crippen LogP contribution in [0.25, 0.3) is 0 Å². The number of hydrogen-bond donors (Lipinski definition) is 2. The van der Waals surface area contributed by atoms with Crippen LogP contribution in [0, 0.1) is 0 Å². The molecule has 0 bridgehead atoms. The van der Waals surface area contributed by atoms with Crippen LogP contribution in [0.2, 0.25) is 0 Å². The van der Waals surface area contributed by atoms with Gasteiger partial charge in [0.05, 0.1) is 19.3 Å². The zero-order chi connectivity index (χ0) is 8.53. The highest BCUT2D eigenvalue weighted by atomic mass is 16.5. The highest BCUT2D eigenvalue weighted by Crippen LogP contribution is 1.84. The van der Waals surface area contributed by atoms with E-state index in [1.54, 1.807) is 7.11 Å². The molecule has 0 rings (SSSR count). The molecular weight excluding hydrogens is 142 g/mol. The van der Waals surface area contributed by atoms with E-state index < -0.39 is 0 Å². The van der Waals surface area contributed by atoms with Gasteiger partial charge in [0.2, 0.25) is 0 Å². The smallest absolute Gasteiger partial charge is 0.0638 e. The van der Waals surface area contributed by atoms with Crippen LogP contribution in [0.1, 0.15) is 6.42 Å². The fourth-order valence-corrected chi connectivity index (χ4v) is 0.767. The molecule has 0 aromatic rings. The molecule has 0 aliphatic heterocycles. The molecule has 0 spiro atoms. The minimum Gasteiger partial charge on any atom is -0.395 e. The van der Waals surface area contributed by atoms with Gasteiger partial charge in [0.25, 0.3) is 0 Å². The summed E-state index contributed by atoms with van der Waals surface area (Å²) in [4.78, 5) is 0. The van der Waals surface area contributed by atoms with Crippen molar-refractivity contribution in [2.45, 2.75) is 12.5 Å². The summed E-state index contributed by atoms with van der Waals surface area (Å²) in [6.45, 7) is 5.11. The van der Waals surface area contributed by atoms with E-state index in [9.17, 15) is 0 Å². The maximum atomic E-state index is 8.79. The van der Waals surface area contributed by atoms with Gasteiger partial charge in [-0.25, -0.2) is 0 Å². The zero-order valence-electron chi connectivity index (χ0n) is 7.05. The molecule has 0 aliphatic carbocycles. The van der Waals surface area contributed by atoms with Crippen molar-refractivity contribution in [2.75, 3.05) is 26.9 Å². The van der Waals surface area contributed by atoms with Crippen molar-refractivity contribution in [3.05, 3.63) is 12.7 Å². The number of aliphatic hydroxyl groups is 1. The van der Waals surface area contributed by atoms with Crippen LogP contribution in [0.4, 0.5) is 0 Å². The fourth-order valence-electron chi connectivity index (χ4n) is 0.767. The average Bonchev–Trinajstić information content (AvgIpc) is 2.03. The summed E-state index contributed by atoms with van der Waals surface area (Å²) in [5.74, 6) is 0. The average molecular weight is 159 g/mol. The second-order valence-corrected chi connectivity index (χ2v) is 2.37. The molecule has 0 radical (unpaired) electrons. The quantitative estimate of drug-likeness (QED) is 0.411. The van der Waals surface area contributed by atoms with Crippen LogP contribution in [0.15, 0.2) is 12.7 Å². The Kier molecular flexibility index (Phi) is 7.46. The van der Waals surface area contributed by atoms with Gasteiger partial charge < -0.3 is 15.2 Å². The molecule has 1 unspecified atom stereocenters. The number of ether oxygens (including phenoxy) is 1. The lowest BCUT2D eigenvalue weighted by molar-refractivity contribution is 0.129. The van der Waals surface area contributed by atoms with E-state index in [1.807, 2.05) is 6.08 Å². The fraction of sp³-hybridized carbons (Fsp3) is 0.750. The SMILES string of the molecule is C=CCCNC(CO)COC. The van der Waals surface area contributed by atoms with Crippen LogP contribution < -0.4 is 5.32 Å². The largest absolute Gasteiger partial charge is 0.395 e. The van der Waals surface area contributed by atoms with Crippen molar-refractivity contribution in [1.29, 1.82) is 0 Å². The van der Waals surface area contributed by atoms with E-state index in [2.05, 4.69) is 11.9 Å². The third-order valence-corrected chi connectivity index (χ3v) is 1.37. The van der Waals surface area contributed by atoms with E-state index >= 15 is 0 Å². The summed E-state index contributed by atoms with van der Waals surface area (Å²) in [5, 5.41) is 11.9. The number of rotatable bonds is 7. The Hall–Kier alpha value is -0.380. The van der Waals surface area contributed by atoms with Gasteiger partial charge in [0.15, 0.2) is 0 Å². The van der Waals surface area contributed by atoms with Crippen LogP contribution in [-0.4, -0.2) is 38.0 Å². The Morgan fingerprint density at radius 2 is 2.45 bits per heavy atom. The second kappa shape index (κ2) is 7.72. The third kappa shape index (κ3) is 6.04. The molecule has 0 heterocycles. The topological polar surface area (TPSA) is 41.5 Å². The van der Waals surface area contributed by atoms with Gasteiger partial charge in [0.1, 0.15) is 0 Å².